The number of non-ortho nitro benzene ring substituents is 1. The quantitative estimate of drug-likeness (QED) is 0.499. The molecule has 0 aliphatic rings. The molecule has 0 aromatic heterocycles. The van der Waals surface area contributed by atoms with Gasteiger partial charge in [0.15, 0.2) is 6.10 Å². The number of nitro groups is 1. The summed E-state index contributed by atoms with van der Waals surface area (Å²) in [4.78, 5) is 33.9. The Labute approximate surface area is 138 Å². The summed E-state index contributed by atoms with van der Waals surface area (Å²) in [6.07, 6.45) is -0.976. The molecule has 0 saturated heterocycles. The Morgan fingerprint density at radius 1 is 1.12 bits per heavy atom. The number of esters is 1. The first kappa shape index (κ1) is 17.1. The number of hydrogen-bond acceptors (Lipinski definition) is 5. The molecule has 24 heavy (non-hydrogen) atoms. The highest BCUT2D eigenvalue weighted by molar-refractivity contribution is 5.92. The van der Waals surface area contributed by atoms with Gasteiger partial charge in [-0.2, -0.15) is 0 Å². The Balaban J connectivity index is 1.88. The van der Waals surface area contributed by atoms with Gasteiger partial charge in [-0.25, -0.2) is 4.79 Å². The third-order valence-electron chi connectivity index (χ3n) is 3.28. The number of hydrogen-bond donors (Lipinski definition) is 1. The molecule has 7 nitrogen and oxygen atoms in total. The van der Waals surface area contributed by atoms with E-state index < -0.39 is 22.9 Å². The van der Waals surface area contributed by atoms with Crippen LogP contribution in [0.4, 0.5) is 5.69 Å². The van der Waals surface area contributed by atoms with Crippen molar-refractivity contribution in [3.8, 4) is 0 Å². The van der Waals surface area contributed by atoms with Crippen molar-refractivity contribution in [2.24, 2.45) is 0 Å². The minimum atomic E-state index is -0.976. The SMILES string of the molecule is CC(OC(=O)c1ccc([N+](=O)[O-])cc1)C(=O)NCc1ccccc1. The number of nitro benzene ring substituents is 1. The van der Waals surface area contributed by atoms with Crippen molar-refractivity contribution in [1.29, 1.82) is 0 Å². The van der Waals surface area contributed by atoms with E-state index in [1.54, 1.807) is 0 Å². The number of amides is 1. The van der Waals surface area contributed by atoms with Crippen molar-refractivity contribution in [2.45, 2.75) is 19.6 Å². The highest BCUT2D eigenvalue weighted by Gasteiger charge is 2.19. The minimum absolute atomic E-state index is 0.125. The predicted octanol–water partition coefficient (Wildman–Crippen LogP) is 2.46. The van der Waals surface area contributed by atoms with Crippen molar-refractivity contribution in [3.63, 3.8) is 0 Å². The van der Waals surface area contributed by atoms with E-state index in [1.165, 1.54) is 31.2 Å². The van der Waals surface area contributed by atoms with Gasteiger partial charge in [-0.3, -0.25) is 14.9 Å². The van der Waals surface area contributed by atoms with Gasteiger partial charge in [0.25, 0.3) is 11.6 Å². The van der Waals surface area contributed by atoms with Crippen LogP contribution in [0.3, 0.4) is 0 Å². The van der Waals surface area contributed by atoms with Crippen molar-refractivity contribution in [1.82, 2.24) is 5.32 Å². The van der Waals surface area contributed by atoms with Crippen molar-refractivity contribution in [3.05, 3.63) is 75.8 Å². The predicted molar refractivity (Wildman–Crippen MR) is 86.3 cm³/mol. The minimum Gasteiger partial charge on any atom is -0.449 e. The lowest BCUT2D eigenvalue weighted by atomic mass is 10.2. The number of carbonyl (C=O) groups excluding carboxylic acids is 2. The maximum Gasteiger partial charge on any atom is 0.338 e. The molecule has 0 aliphatic heterocycles. The zero-order valence-corrected chi connectivity index (χ0v) is 13.0. The molecule has 0 saturated carbocycles. The van der Waals surface area contributed by atoms with E-state index in [1.807, 2.05) is 30.3 Å². The Bertz CT molecular complexity index is 728. The van der Waals surface area contributed by atoms with E-state index in [9.17, 15) is 19.7 Å². The molecule has 2 aromatic rings. The van der Waals surface area contributed by atoms with Crippen LogP contribution in [0.1, 0.15) is 22.8 Å². The number of ether oxygens (including phenoxy) is 1. The first-order valence-corrected chi connectivity index (χ1v) is 7.24. The molecular weight excluding hydrogens is 312 g/mol. The molecule has 0 bridgehead atoms. The Morgan fingerprint density at radius 3 is 2.33 bits per heavy atom. The van der Waals surface area contributed by atoms with Gasteiger partial charge in [0.1, 0.15) is 0 Å². The summed E-state index contributed by atoms with van der Waals surface area (Å²) in [5.41, 5.74) is 0.947. The molecule has 1 atom stereocenters. The average Bonchev–Trinajstić information content (AvgIpc) is 2.60. The van der Waals surface area contributed by atoms with Crippen molar-refractivity contribution >= 4 is 17.6 Å². The summed E-state index contributed by atoms with van der Waals surface area (Å²) in [6.45, 7) is 1.79. The fourth-order valence-electron chi connectivity index (χ4n) is 1.93. The summed E-state index contributed by atoms with van der Waals surface area (Å²) in [5.74, 6) is -1.14. The van der Waals surface area contributed by atoms with Gasteiger partial charge in [0.2, 0.25) is 0 Å². The molecule has 0 heterocycles. The van der Waals surface area contributed by atoms with Gasteiger partial charge in [-0.15, -0.1) is 0 Å². The van der Waals surface area contributed by atoms with Crippen LogP contribution in [-0.2, 0) is 16.1 Å². The van der Waals surface area contributed by atoms with Crippen LogP contribution in [0, 0.1) is 10.1 Å². The largest absolute Gasteiger partial charge is 0.449 e. The van der Waals surface area contributed by atoms with E-state index in [0.29, 0.717) is 6.54 Å². The van der Waals surface area contributed by atoms with Gasteiger partial charge < -0.3 is 10.1 Å². The van der Waals surface area contributed by atoms with Crippen molar-refractivity contribution < 1.29 is 19.2 Å². The lowest BCUT2D eigenvalue weighted by Crippen LogP contribution is -2.35. The summed E-state index contributed by atoms with van der Waals surface area (Å²) in [6, 6.07) is 14.3. The summed E-state index contributed by atoms with van der Waals surface area (Å²) in [7, 11) is 0. The van der Waals surface area contributed by atoms with Crippen LogP contribution < -0.4 is 5.32 Å². The summed E-state index contributed by atoms with van der Waals surface area (Å²) in [5, 5.41) is 13.2. The molecular formula is C17H16N2O5. The Kier molecular flexibility index (Phi) is 5.62. The average molecular weight is 328 g/mol. The number of nitrogens with one attached hydrogen (secondary N) is 1. The maximum absolute atomic E-state index is 11.9. The van der Waals surface area contributed by atoms with E-state index >= 15 is 0 Å². The van der Waals surface area contributed by atoms with E-state index in [-0.39, 0.29) is 11.3 Å². The third kappa shape index (κ3) is 4.64. The fourth-order valence-corrected chi connectivity index (χ4v) is 1.93. The number of carbonyl (C=O) groups is 2. The first-order chi connectivity index (χ1) is 11.5. The monoisotopic (exact) mass is 328 g/mol. The standard InChI is InChI=1S/C17H16N2O5/c1-12(16(20)18-11-13-5-3-2-4-6-13)24-17(21)14-7-9-15(10-8-14)19(22)23/h2-10,12H,11H2,1H3,(H,18,20). The normalized spacial score (nSPS) is 11.4. The lowest BCUT2D eigenvalue weighted by Gasteiger charge is -2.13. The van der Waals surface area contributed by atoms with Crippen molar-refractivity contribution in [2.75, 3.05) is 0 Å². The van der Waals surface area contributed by atoms with Crippen LogP contribution in [-0.4, -0.2) is 22.9 Å². The maximum atomic E-state index is 11.9. The molecule has 2 aromatic carbocycles. The zero-order chi connectivity index (χ0) is 17.5. The van der Waals surface area contributed by atoms with E-state index in [4.69, 9.17) is 4.74 Å². The highest BCUT2D eigenvalue weighted by atomic mass is 16.6. The molecule has 0 fully saturated rings. The molecule has 2 rings (SSSR count). The van der Waals surface area contributed by atoms with Gasteiger partial charge >= 0.3 is 5.97 Å². The van der Waals surface area contributed by atoms with E-state index in [2.05, 4.69) is 5.32 Å². The third-order valence-corrected chi connectivity index (χ3v) is 3.28. The van der Waals surface area contributed by atoms with Crippen LogP contribution in [0.15, 0.2) is 54.6 Å². The number of benzene rings is 2. The molecule has 124 valence electrons. The molecule has 1 amide bonds. The van der Waals surface area contributed by atoms with Gasteiger partial charge in [-0.05, 0) is 24.6 Å². The van der Waals surface area contributed by atoms with Crippen LogP contribution in [0.5, 0.6) is 0 Å². The highest BCUT2D eigenvalue weighted by Crippen LogP contribution is 2.13. The fraction of sp³-hybridized carbons (Fsp3) is 0.176. The second-order valence-corrected chi connectivity index (χ2v) is 5.05. The van der Waals surface area contributed by atoms with Gasteiger partial charge in [-0.1, -0.05) is 30.3 Å². The summed E-state index contributed by atoms with van der Waals surface area (Å²) >= 11 is 0. The molecule has 1 unspecified atom stereocenters. The molecule has 7 heteroatoms. The molecule has 0 aliphatic carbocycles. The molecule has 0 radical (unpaired) electrons. The second-order valence-electron chi connectivity index (χ2n) is 5.05. The van der Waals surface area contributed by atoms with Crippen LogP contribution in [0.25, 0.3) is 0 Å². The lowest BCUT2D eigenvalue weighted by molar-refractivity contribution is -0.384. The number of nitrogens with zero attached hydrogens (tertiary/aromatic N) is 1. The Morgan fingerprint density at radius 2 is 1.75 bits per heavy atom. The van der Waals surface area contributed by atoms with Crippen LogP contribution >= 0.6 is 0 Å². The smallest absolute Gasteiger partial charge is 0.338 e. The summed E-state index contributed by atoms with van der Waals surface area (Å²) < 4.78 is 5.07. The van der Waals surface area contributed by atoms with Gasteiger partial charge in [0, 0.05) is 18.7 Å². The van der Waals surface area contributed by atoms with Crippen LogP contribution in [0.2, 0.25) is 0 Å². The molecule has 1 N–H and O–H groups in total. The molecule has 0 spiro atoms. The van der Waals surface area contributed by atoms with E-state index in [0.717, 1.165) is 5.56 Å². The Hall–Kier alpha value is -3.22. The second kappa shape index (κ2) is 7.87. The van der Waals surface area contributed by atoms with Gasteiger partial charge in [0.05, 0.1) is 10.5 Å². The first-order valence-electron chi connectivity index (χ1n) is 7.24. The topological polar surface area (TPSA) is 98.5 Å². The zero-order valence-electron chi connectivity index (χ0n) is 13.0. The number of rotatable bonds is 6.